The van der Waals surface area contributed by atoms with Gasteiger partial charge in [-0.3, -0.25) is 49.2 Å². The third kappa shape index (κ3) is 7.99. The van der Waals surface area contributed by atoms with Crippen LogP contribution < -0.4 is 5.84 Å². The highest BCUT2D eigenvalue weighted by Crippen LogP contribution is 2.68. The van der Waals surface area contributed by atoms with Crippen molar-refractivity contribution in [2.75, 3.05) is 14.1 Å². The molecule has 256 valence electrons. The Hall–Kier alpha value is -5.69. The Kier molecular flexibility index (Phi) is 10.4. The van der Waals surface area contributed by atoms with Gasteiger partial charge < -0.3 is 5.84 Å². The van der Waals surface area contributed by atoms with E-state index in [1.165, 1.54) is 56.6 Å². The molecule has 2 heterocycles. The van der Waals surface area contributed by atoms with Crippen LogP contribution in [-0.2, 0) is 24.6 Å². The first-order chi connectivity index (χ1) is 22.1. The Morgan fingerprint density at radius 2 is 1.29 bits per heavy atom. The first-order valence-corrected chi connectivity index (χ1v) is 13.4. The molecule has 2 fully saturated rings. The molecule has 2 unspecified atom stereocenters. The maximum atomic E-state index is 13.0. The number of nitro benzene ring substituents is 2. The number of nitro groups is 2. The smallest absolute Gasteiger partial charge is 0.323 e. The number of non-ortho nitro benzene ring substituents is 2. The van der Waals surface area contributed by atoms with Crippen molar-refractivity contribution >= 4 is 40.7 Å². The van der Waals surface area contributed by atoms with Gasteiger partial charge in [-0.15, -0.1) is 0 Å². The van der Waals surface area contributed by atoms with Gasteiger partial charge in [0, 0.05) is 61.5 Å². The fourth-order valence-electron chi connectivity index (χ4n) is 5.30. The van der Waals surface area contributed by atoms with Gasteiger partial charge >= 0.3 is 12.4 Å². The minimum atomic E-state index is -4.60. The molecule has 0 aromatic heterocycles. The minimum absolute atomic E-state index is 0.00817. The summed E-state index contributed by atoms with van der Waals surface area (Å²) in [6, 6.07) is 9.46. The maximum absolute atomic E-state index is 13.0. The van der Waals surface area contributed by atoms with E-state index in [0.717, 1.165) is 28.0 Å². The number of piperidine rings is 1. The number of halogens is 6. The number of likely N-dealkylation sites (N-methyl/N-ethyl adjacent to an activating group) is 1. The monoisotopic (exact) mass is 686 g/mol. The van der Waals surface area contributed by atoms with Crippen LogP contribution in [0.15, 0.2) is 65.8 Å². The molecule has 2 N–H and O–H groups in total. The van der Waals surface area contributed by atoms with E-state index in [-0.39, 0.29) is 34.3 Å². The number of carbonyl (C=O) groups excluding carboxylic acids is 4. The molecule has 4 amide bonds. The first kappa shape index (κ1) is 36.8. The summed E-state index contributed by atoms with van der Waals surface area (Å²) >= 11 is 0. The van der Waals surface area contributed by atoms with Crippen LogP contribution in [0.2, 0.25) is 0 Å². The molecule has 48 heavy (non-hydrogen) atoms. The molecule has 5 rings (SSSR count). The molecule has 3 aliphatic rings. The van der Waals surface area contributed by atoms with Gasteiger partial charge in [-0.25, -0.2) is 0 Å². The van der Waals surface area contributed by atoms with E-state index in [2.05, 4.69) is 5.10 Å². The van der Waals surface area contributed by atoms with Crippen molar-refractivity contribution in [3.63, 3.8) is 0 Å². The molecule has 0 spiro atoms. The predicted octanol–water partition coefficient (Wildman–Crippen LogP) is 3.78. The third-order valence-corrected chi connectivity index (χ3v) is 7.56. The van der Waals surface area contributed by atoms with Crippen LogP contribution in [-0.4, -0.2) is 75.4 Å². The molecule has 0 radical (unpaired) electrons. The second-order valence-corrected chi connectivity index (χ2v) is 10.6. The topological polar surface area (TPSA) is 199 Å². The lowest BCUT2D eigenvalue weighted by Gasteiger charge is -2.25. The van der Waals surface area contributed by atoms with Crippen molar-refractivity contribution in [3.8, 4) is 0 Å². The predicted molar refractivity (Wildman–Crippen MR) is 152 cm³/mol. The molecule has 2 atom stereocenters. The molecule has 20 heteroatoms. The first-order valence-electron chi connectivity index (χ1n) is 13.4. The number of fused-ring (bicyclic) bond motifs is 1. The van der Waals surface area contributed by atoms with Crippen LogP contribution in [0.1, 0.15) is 24.0 Å². The highest BCUT2D eigenvalue weighted by molar-refractivity contribution is 6.12. The van der Waals surface area contributed by atoms with Crippen molar-refractivity contribution < 1.29 is 55.4 Å². The van der Waals surface area contributed by atoms with Crippen molar-refractivity contribution in [2.45, 2.75) is 30.6 Å². The van der Waals surface area contributed by atoms with E-state index in [1.54, 1.807) is 0 Å². The molecule has 2 aliphatic heterocycles. The summed E-state index contributed by atoms with van der Waals surface area (Å²) in [4.78, 5) is 66.7. The van der Waals surface area contributed by atoms with E-state index in [4.69, 9.17) is 5.84 Å². The van der Waals surface area contributed by atoms with Gasteiger partial charge in [0.15, 0.2) is 0 Å². The summed E-state index contributed by atoms with van der Waals surface area (Å²) in [6.45, 7) is 0. The largest absolute Gasteiger partial charge is 0.394 e. The SMILES string of the molecule is CN1C(=O)C2C(C1=O)C2(CC(F)(F)F)c1cccc([N+](=O)[O-])c1.CN1C(=O)C=CC1=O.N/N=C(\CC(F)(F)F)c1cccc([N+](=O)[O-])c1. The second-order valence-electron chi connectivity index (χ2n) is 10.6. The Labute approximate surface area is 265 Å². The maximum Gasteiger partial charge on any atom is 0.394 e. The Balaban J connectivity index is 0.000000219. The number of alkyl halides is 6. The number of carbonyl (C=O) groups is 4. The summed E-state index contributed by atoms with van der Waals surface area (Å²) < 4.78 is 75.6. The fraction of sp³-hybridized carbons (Fsp3) is 0.321. The van der Waals surface area contributed by atoms with Crippen LogP contribution >= 0.6 is 0 Å². The van der Waals surface area contributed by atoms with Crippen LogP contribution in [0.3, 0.4) is 0 Å². The number of benzene rings is 2. The van der Waals surface area contributed by atoms with Crippen LogP contribution in [0.5, 0.6) is 0 Å². The van der Waals surface area contributed by atoms with Crippen molar-refractivity contribution in [1.82, 2.24) is 9.80 Å². The lowest BCUT2D eigenvalue weighted by atomic mass is 9.86. The molecule has 0 bridgehead atoms. The zero-order chi connectivity index (χ0) is 36.4. The molecule has 1 saturated carbocycles. The van der Waals surface area contributed by atoms with E-state index < -0.39 is 69.8 Å². The molecule has 1 saturated heterocycles. The van der Waals surface area contributed by atoms with E-state index in [9.17, 15) is 65.7 Å². The summed E-state index contributed by atoms with van der Waals surface area (Å²) in [7, 11) is 2.67. The van der Waals surface area contributed by atoms with Crippen molar-refractivity contribution in [2.24, 2.45) is 22.8 Å². The number of amides is 4. The number of hydrogen-bond acceptors (Lipinski definition) is 10. The van der Waals surface area contributed by atoms with Gasteiger partial charge in [-0.1, -0.05) is 24.3 Å². The zero-order valence-electron chi connectivity index (χ0n) is 24.7. The molecular weight excluding hydrogens is 662 g/mol. The Bertz CT molecular complexity index is 1680. The van der Waals surface area contributed by atoms with Gasteiger partial charge in [0.25, 0.3) is 23.2 Å². The third-order valence-electron chi connectivity index (χ3n) is 7.56. The summed E-state index contributed by atoms with van der Waals surface area (Å²) in [5.74, 6) is 0.818. The highest BCUT2D eigenvalue weighted by atomic mass is 19.4. The number of hydrogen-bond donors (Lipinski definition) is 1. The molecule has 2 aromatic rings. The van der Waals surface area contributed by atoms with Crippen LogP contribution in [0.4, 0.5) is 37.7 Å². The summed E-state index contributed by atoms with van der Waals surface area (Å²) in [5, 5.41) is 24.3. The number of nitrogens with two attached hydrogens (primary N) is 1. The number of nitrogens with zero attached hydrogens (tertiary/aromatic N) is 5. The lowest BCUT2D eigenvalue weighted by Crippen LogP contribution is -2.38. The van der Waals surface area contributed by atoms with Gasteiger partial charge in [-0.2, -0.15) is 31.4 Å². The standard InChI is InChI=1S/C14H11F3N2O4.C9H8F3N3O2.C5H5NO2/c1-18-11(20)9-10(12(18)21)13(9,6-14(15,16)17)7-3-2-4-8(5-7)19(22)23;10-9(11,12)5-8(14-13)6-2-1-3-7(4-6)15(16)17;1-6-4(7)2-3-5(6)8/h2-5,9-10H,6H2,1H3;1-4H,5,13H2;2-3H,1H3/b;14-8+;. The summed E-state index contributed by atoms with van der Waals surface area (Å²) in [6.07, 6.45) is -9.26. The number of rotatable bonds is 6. The van der Waals surface area contributed by atoms with E-state index in [1.807, 2.05) is 0 Å². The van der Waals surface area contributed by atoms with Gasteiger partial charge in [-0.05, 0) is 5.56 Å². The molecule has 1 aliphatic carbocycles. The fourth-order valence-corrected chi connectivity index (χ4v) is 5.30. The van der Waals surface area contributed by atoms with Gasteiger partial charge in [0.2, 0.25) is 11.8 Å². The van der Waals surface area contributed by atoms with Gasteiger partial charge in [0.05, 0.1) is 40.2 Å². The van der Waals surface area contributed by atoms with Crippen LogP contribution in [0.25, 0.3) is 0 Å². The average Bonchev–Trinajstić information content (AvgIpc) is 3.48. The van der Waals surface area contributed by atoms with Crippen molar-refractivity contribution in [1.29, 1.82) is 0 Å². The molecule has 14 nitrogen and oxygen atoms in total. The lowest BCUT2D eigenvalue weighted by molar-refractivity contribution is -0.385. The van der Waals surface area contributed by atoms with E-state index in [0.29, 0.717) is 0 Å². The number of hydrazone groups is 1. The molecular formula is C28H24F6N6O8. The Morgan fingerprint density at radius 1 is 0.812 bits per heavy atom. The number of likely N-dealkylation sites (tertiary alicyclic amines) is 1. The summed E-state index contributed by atoms with van der Waals surface area (Å²) in [5.41, 5.74) is -2.87. The number of imide groups is 2. The quantitative estimate of drug-likeness (QED) is 0.117. The highest BCUT2D eigenvalue weighted by Gasteiger charge is 2.79. The molecule has 2 aromatic carbocycles. The zero-order valence-corrected chi connectivity index (χ0v) is 24.7. The average molecular weight is 687 g/mol. The van der Waals surface area contributed by atoms with Crippen LogP contribution in [0, 0.1) is 32.1 Å². The Morgan fingerprint density at radius 3 is 1.69 bits per heavy atom. The normalized spacial score (nSPS) is 21.7. The second kappa shape index (κ2) is 13.6. The van der Waals surface area contributed by atoms with Crippen molar-refractivity contribution in [3.05, 3.63) is 92.0 Å². The minimum Gasteiger partial charge on any atom is -0.323 e. The van der Waals surface area contributed by atoms with E-state index >= 15 is 0 Å². The van der Waals surface area contributed by atoms with Gasteiger partial charge in [0.1, 0.15) is 0 Å².